The van der Waals surface area contributed by atoms with E-state index >= 15 is 13.2 Å². The van der Waals surface area contributed by atoms with E-state index in [4.69, 9.17) is 33.7 Å². The summed E-state index contributed by atoms with van der Waals surface area (Å²) in [5.41, 5.74) is 5.58. The van der Waals surface area contributed by atoms with Crippen LogP contribution in [0.15, 0.2) is 42.6 Å². The van der Waals surface area contributed by atoms with E-state index in [0.29, 0.717) is 40.1 Å². The largest absolute Gasteiger partial charge is 0.491 e. The van der Waals surface area contributed by atoms with Gasteiger partial charge in [-0.25, -0.2) is 27.6 Å². The number of hydrogen-bond acceptors (Lipinski definition) is 5. The molecule has 5 rings (SSSR count). The minimum absolute atomic E-state index is 0.0501. The van der Waals surface area contributed by atoms with Gasteiger partial charge in [0.15, 0.2) is 5.82 Å². The van der Waals surface area contributed by atoms with Gasteiger partial charge in [-0.15, -0.1) is 0 Å². The van der Waals surface area contributed by atoms with Gasteiger partial charge in [-0.05, 0) is 30.2 Å². The number of halogens is 5. The zero-order valence-corrected chi connectivity index (χ0v) is 23.5. The first-order valence-corrected chi connectivity index (χ1v) is 13.4. The molecule has 0 saturated carbocycles. The molecule has 0 fully saturated rings. The third kappa shape index (κ3) is 5.77. The molecular weight excluding hydrogens is 580 g/mol. The highest BCUT2D eigenvalue weighted by Gasteiger charge is 2.31. The molecule has 2 aromatic carbocycles. The van der Waals surface area contributed by atoms with E-state index in [-0.39, 0.29) is 41.8 Å². The Morgan fingerprint density at radius 2 is 1.93 bits per heavy atom. The molecule has 0 atom stereocenters. The lowest BCUT2D eigenvalue weighted by atomic mass is 9.99. The molecule has 0 bridgehead atoms. The van der Waals surface area contributed by atoms with Crippen LogP contribution in [0.1, 0.15) is 25.1 Å². The van der Waals surface area contributed by atoms with Gasteiger partial charge in [0.2, 0.25) is 0 Å². The van der Waals surface area contributed by atoms with Crippen molar-refractivity contribution in [1.29, 1.82) is 0 Å². The number of para-hydroxylation sites is 1. The number of carbonyl (C=O) groups excluding carboxylic acids is 1. The molecule has 41 heavy (non-hydrogen) atoms. The molecule has 3 N–H and O–H groups in total. The number of nitrogens with zero attached hydrogens (tertiary/aromatic N) is 4. The number of urea groups is 1. The van der Waals surface area contributed by atoms with E-state index in [0.717, 1.165) is 12.1 Å². The summed E-state index contributed by atoms with van der Waals surface area (Å²) in [7, 11) is 0. The maximum atomic E-state index is 15.7. The van der Waals surface area contributed by atoms with Crippen molar-refractivity contribution in [1.82, 2.24) is 14.8 Å². The van der Waals surface area contributed by atoms with Crippen LogP contribution in [0, 0.1) is 23.4 Å². The number of hydrogen-bond donors (Lipinski definition) is 2. The van der Waals surface area contributed by atoms with Crippen LogP contribution in [0.3, 0.4) is 0 Å². The first-order chi connectivity index (χ1) is 19.5. The highest BCUT2D eigenvalue weighted by atomic mass is 35.5. The first kappa shape index (κ1) is 28.6. The average Bonchev–Trinajstić information content (AvgIpc) is 3.27. The molecule has 3 heterocycles. The van der Waals surface area contributed by atoms with Gasteiger partial charge in [-0.2, -0.15) is 5.10 Å². The lowest BCUT2D eigenvalue weighted by Crippen LogP contribution is -2.31. The number of primary amides is 1. The van der Waals surface area contributed by atoms with Crippen LogP contribution in [0.2, 0.25) is 10.0 Å². The molecule has 0 saturated heterocycles. The molecule has 2 amide bonds. The molecule has 0 spiro atoms. The summed E-state index contributed by atoms with van der Waals surface area (Å²) in [6.45, 7) is 4.78. The number of ether oxygens (including phenoxy) is 1. The number of aromatic nitrogens is 3. The van der Waals surface area contributed by atoms with Crippen molar-refractivity contribution >= 4 is 40.7 Å². The number of rotatable bonds is 7. The second-order valence-corrected chi connectivity index (χ2v) is 10.8. The Morgan fingerprint density at radius 1 is 1.15 bits per heavy atom. The van der Waals surface area contributed by atoms with E-state index in [2.05, 4.69) is 15.4 Å². The molecule has 0 radical (unpaired) electrons. The van der Waals surface area contributed by atoms with Gasteiger partial charge in [-0.1, -0.05) is 43.1 Å². The molecule has 0 aliphatic carbocycles. The van der Waals surface area contributed by atoms with E-state index in [1.807, 2.05) is 18.7 Å². The number of fused-ring (bicyclic) bond motifs is 1. The van der Waals surface area contributed by atoms with Gasteiger partial charge in [-0.3, -0.25) is 0 Å². The summed E-state index contributed by atoms with van der Waals surface area (Å²) in [4.78, 5) is 17.5. The fraction of sp³-hybridized carbons (Fsp3) is 0.250. The van der Waals surface area contributed by atoms with Crippen LogP contribution in [-0.4, -0.2) is 33.9 Å². The number of nitrogens with two attached hydrogens (primary N) is 1. The quantitative estimate of drug-likeness (QED) is 0.243. The van der Waals surface area contributed by atoms with Crippen molar-refractivity contribution < 1.29 is 22.7 Å². The Morgan fingerprint density at radius 3 is 2.63 bits per heavy atom. The Bertz CT molecular complexity index is 1650. The number of pyridine rings is 1. The molecule has 0 unspecified atom stereocenters. The smallest absolute Gasteiger partial charge is 0.316 e. The number of nitrogens with one attached hydrogen (secondary N) is 1. The van der Waals surface area contributed by atoms with E-state index in [1.165, 1.54) is 23.0 Å². The van der Waals surface area contributed by atoms with Gasteiger partial charge in [0.25, 0.3) is 0 Å². The Kier molecular flexibility index (Phi) is 8.01. The maximum absolute atomic E-state index is 15.7. The van der Waals surface area contributed by atoms with Crippen LogP contribution < -0.4 is 20.7 Å². The summed E-state index contributed by atoms with van der Waals surface area (Å²) in [6.07, 6.45) is 1.83. The molecule has 8 nitrogen and oxygen atoms in total. The van der Waals surface area contributed by atoms with Gasteiger partial charge < -0.3 is 20.7 Å². The molecular formula is C28H25Cl2F3N6O2. The summed E-state index contributed by atoms with van der Waals surface area (Å²) < 4.78 is 53.5. The second kappa shape index (κ2) is 11.5. The van der Waals surface area contributed by atoms with Crippen molar-refractivity contribution in [3.63, 3.8) is 0 Å². The van der Waals surface area contributed by atoms with Crippen LogP contribution in [0.25, 0.3) is 16.9 Å². The Hall–Kier alpha value is -3.96. The van der Waals surface area contributed by atoms with Crippen molar-refractivity contribution in [3.05, 3.63) is 81.3 Å². The SMILES string of the molecule is CC(C)COc1cccc(F)c1-n1nc2c(c1-c1cc(F)c(NC(N)=O)cc1F)CN(c1ncc(Cl)cc1Cl)CC2. The van der Waals surface area contributed by atoms with E-state index in [9.17, 15) is 4.79 Å². The average molecular weight is 605 g/mol. The lowest BCUT2D eigenvalue weighted by molar-refractivity contribution is 0.259. The molecule has 2 aromatic heterocycles. The maximum Gasteiger partial charge on any atom is 0.316 e. The fourth-order valence-electron chi connectivity index (χ4n) is 4.66. The Balaban J connectivity index is 1.72. The normalized spacial score (nSPS) is 12.9. The summed E-state index contributed by atoms with van der Waals surface area (Å²) >= 11 is 12.5. The van der Waals surface area contributed by atoms with Crippen molar-refractivity contribution in [2.45, 2.75) is 26.8 Å². The number of benzene rings is 2. The van der Waals surface area contributed by atoms with E-state index < -0.39 is 29.2 Å². The van der Waals surface area contributed by atoms with Gasteiger partial charge in [0, 0.05) is 42.9 Å². The molecule has 4 aromatic rings. The lowest BCUT2D eigenvalue weighted by Gasteiger charge is -2.28. The van der Waals surface area contributed by atoms with Crippen LogP contribution in [0.4, 0.5) is 29.5 Å². The number of anilines is 2. The zero-order chi connectivity index (χ0) is 29.4. The standard InChI is InChI=1S/C28H25Cl2F3N6O2/c1-14(2)13-41-24-5-3-4-19(31)26(24)39-25(16-9-21(33)23(10-20(16)32)36-28(34)40)17-12-38(7-6-22(17)37-39)27-18(30)8-15(29)11-35-27/h3-5,8-11,14H,6-7,12-13H2,1-2H3,(H3,34,36,40). The van der Waals surface area contributed by atoms with Gasteiger partial charge >= 0.3 is 6.03 Å². The van der Waals surface area contributed by atoms with Crippen molar-refractivity contribution in [2.75, 3.05) is 23.4 Å². The molecule has 1 aliphatic rings. The van der Waals surface area contributed by atoms with Gasteiger partial charge in [0.1, 0.15) is 28.9 Å². The molecule has 214 valence electrons. The third-order valence-electron chi connectivity index (χ3n) is 6.43. The summed E-state index contributed by atoms with van der Waals surface area (Å²) in [6, 6.07) is 6.56. The Labute approximate surface area is 243 Å². The predicted octanol–water partition coefficient (Wildman–Crippen LogP) is 6.75. The monoisotopic (exact) mass is 604 g/mol. The number of amides is 2. The minimum atomic E-state index is -1.06. The highest BCUT2D eigenvalue weighted by Crippen LogP contribution is 2.40. The third-order valence-corrected chi connectivity index (χ3v) is 6.91. The van der Waals surface area contributed by atoms with Crippen LogP contribution in [0.5, 0.6) is 5.75 Å². The topological polar surface area (TPSA) is 98.3 Å². The zero-order valence-electron chi connectivity index (χ0n) is 22.0. The highest BCUT2D eigenvalue weighted by molar-refractivity contribution is 6.36. The molecule has 13 heteroatoms. The van der Waals surface area contributed by atoms with Gasteiger partial charge in [0.05, 0.1) is 33.7 Å². The minimum Gasteiger partial charge on any atom is -0.491 e. The van der Waals surface area contributed by atoms with Crippen LogP contribution in [-0.2, 0) is 13.0 Å². The number of carbonyl (C=O) groups is 1. The second-order valence-electron chi connectivity index (χ2n) is 9.91. The first-order valence-electron chi connectivity index (χ1n) is 12.7. The van der Waals surface area contributed by atoms with Crippen LogP contribution >= 0.6 is 23.2 Å². The summed E-state index contributed by atoms with van der Waals surface area (Å²) in [5, 5.41) is 7.40. The van der Waals surface area contributed by atoms with E-state index in [1.54, 1.807) is 12.1 Å². The fourth-order valence-corrected chi connectivity index (χ4v) is 5.16. The molecule has 1 aliphatic heterocycles. The summed E-state index contributed by atoms with van der Waals surface area (Å²) in [5.74, 6) is -1.73. The van der Waals surface area contributed by atoms with Crippen molar-refractivity contribution in [3.8, 4) is 22.7 Å². The van der Waals surface area contributed by atoms with Crippen molar-refractivity contribution in [2.24, 2.45) is 11.7 Å². The predicted molar refractivity (Wildman–Crippen MR) is 151 cm³/mol.